The molecule has 1 rings (SSSR count). The van der Waals surface area contributed by atoms with Crippen LogP contribution in [-0.4, -0.2) is 47.6 Å². The van der Waals surface area contributed by atoms with Crippen molar-refractivity contribution in [2.45, 2.75) is 58.4 Å². The summed E-state index contributed by atoms with van der Waals surface area (Å²) in [5, 5.41) is 11.7. The van der Waals surface area contributed by atoms with Gasteiger partial charge in [0.1, 0.15) is 0 Å². The van der Waals surface area contributed by atoms with Crippen molar-refractivity contribution in [1.82, 2.24) is 10.2 Å². The predicted molar refractivity (Wildman–Crippen MR) is 78.5 cm³/mol. The van der Waals surface area contributed by atoms with Gasteiger partial charge in [0.15, 0.2) is 0 Å². The highest BCUT2D eigenvalue weighted by atomic mass is 16.4. The number of carbonyl (C=O) groups excluding carboxylic acids is 1. The Morgan fingerprint density at radius 3 is 2.70 bits per heavy atom. The standard InChI is InChI=1S/C15H28N2O3/c1-3-4-9-16-15(20)13-8-7-12(2)17(11-13)10-5-6-14(18)19/h12-13H,3-11H2,1-2H3,(H,16,20)(H,18,19). The number of carboxylic acids is 1. The summed E-state index contributed by atoms with van der Waals surface area (Å²) in [6.45, 7) is 6.57. The Bertz CT molecular complexity index is 320. The van der Waals surface area contributed by atoms with Crippen molar-refractivity contribution in [2.24, 2.45) is 5.92 Å². The lowest BCUT2D eigenvalue weighted by Crippen LogP contribution is -2.47. The number of nitrogens with one attached hydrogen (secondary N) is 1. The lowest BCUT2D eigenvalue weighted by Gasteiger charge is -2.37. The average Bonchev–Trinajstić information content (AvgIpc) is 2.40. The van der Waals surface area contributed by atoms with E-state index in [9.17, 15) is 9.59 Å². The van der Waals surface area contributed by atoms with Crippen LogP contribution in [0.2, 0.25) is 0 Å². The number of nitrogens with zero attached hydrogens (tertiary/aromatic N) is 1. The first-order valence-corrected chi connectivity index (χ1v) is 7.78. The fourth-order valence-corrected chi connectivity index (χ4v) is 2.67. The van der Waals surface area contributed by atoms with Gasteiger partial charge < -0.3 is 10.4 Å². The van der Waals surface area contributed by atoms with Crippen LogP contribution in [0.15, 0.2) is 0 Å². The van der Waals surface area contributed by atoms with E-state index in [1.54, 1.807) is 0 Å². The van der Waals surface area contributed by atoms with Gasteiger partial charge in [-0.25, -0.2) is 0 Å². The molecule has 1 saturated heterocycles. The van der Waals surface area contributed by atoms with Crippen LogP contribution in [0.1, 0.15) is 52.4 Å². The van der Waals surface area contributed by atoms with E-state index in [0.29, 0.717) is 12.5 Å². The van der Waals surface area contributed by atoms with Crippen molar-refractivity contribution in [1.29, 1.82) is 0 Å². The van der Waals surface area contributed by atoms with Crippen LogP contribution in [0.3, 0.4) is 0 Å². The molecule has 0 radical (unpaired) electrons. The molecule has 0 aromatic heterocycles. The molecule has 5 nitrogen and oxygen atoms in total. The third kappa shape index (κ3) is 5.90. The van der Waals surface area contributed by atoms with Crippen molar-refractivity contribution >= 4 is 11.9 Å². The van der Waals surface area contributed by atoms with Crippen LogP contribution in [0, 0.1) is 5.92 Å². The third-order valence-electron chi connectivity index (χ3n) is 4.05. The summed E-state index contributed by atoms with van der Waals surface area (Å²) in [6, 6.07) is 0.448. The minimum Gasteiger partial charge on any atom is -0.481 e. The van der Waals surface area contributed by atoms with Crippen LogP contribution < -0.4 is 5.32 Å². The lowest BCUT2D eigenvalue weighted by molar-refractivity contribution is -0.137. The van der Waals surface area contributed by atoms with Gasteiger partial charge >= 0.3 is 5.97 Å². The van der Waals surface area contributed by atoms with Gasteiger partial charge in [-0.15, -0.1) is 0 Å². The molecule has 1 heterocycles. The van der Waals surface area contributed by atoms with Crippen molar-refractivity contribution in [2.75, 3.05) is 19.6 Å². The van der Waals surface area contributed by atoms with E-state index < -0.39 is 5.97 Å². The van der Waals surface area contributed by atoms with Crippen molar-refractivity contribution in [3.8, 4) is 0 Å². The molecule has 0 bridgehead atoms. The molecule has 0 aromatic rings. The highest BCUT2D eigenvalue weighted by Gasteiger charge is 2.29. The number of piperidine rings is 1. The maximum Gasteiger partial charge on any atom is 0.303 e. The number of rotatable bonds is 8. The molecule has 5 heteroatoms. The number of amides is 1. The van der Waals surface area contributed by atoms with E-state index in [0.717, 1.165) is 45.3 Å². The first-order valence-electron chi connectivity index (χ1n) is 7.78. The number of likely N-dealkylation sites (tertiary alicyclic amines) is 1. The second-order valence-electron chi connectivity index (χ2n) is 5.76. The van der Waals surface area contributed by atoms with Gasteiger partial charge in [0, 0.05) is 25.6 Å². The Hall–Kier alpha value is -1.10. The summed E-state index contributed by atoms with van der Waals surface area (Å²) in [5.41, 5.74) is 0. The number of hydrogen-bond donors (Lipinski definition) is 2. The normalized spacial score (nSPS) is 23.5. The number of aliphatic carboxylic acids is 1. The minimum absolute atomic E-state index is 0.0629. The SMILES string of the molecule is CCCCNC(=O)C1CCC(C)N(CCCC(=O)O)C1. The van der Waals surface area contributed by atoms with Gasteiger partial charge in [0.2, 0.25) is 5.91 Å². The number of hydrogen-bond acceptors (Lipinski definition) is 3. The molecule has 20 heavy (non-hydrogen) atoms. The van der Waals surface area contributed by atoms with Gasteiger partial charge in [-0.05, 0) is 39.2 Å². The zero-order valence-electron chi connectivity index (χ0n) is 12.7. The Balaban J connectivity index is 2.36. The predicted octanol–water partition coefficient (Wildman–Crippen LogP) is 1.87. The largest absolute Gasteiger partial charge is 0.481 e. The fourth-order valence-electron chi connectivity index (χ4n) is 2.67. The van der Waals surface area contributed by atoms with Gasteiger partial charge in [0.05, 0.1) is 5.92 Å². The van der Waals surface area contributed by atoms with E-state index in [-0.39, 0.29) is 18.2 Å². The quantitative estimate of drug-likeness (QED) is 0.668. The second kappa shape index (κ2) is 8.95. The topological polar surface area (TPSA) is 69.6 Å². The van der Waals surface area contributed by atoms with Gasteiger partial charge in [-0.2, -0.15) is 0 Å². The molecule has 2 N–H and O–H groups in total. The van der Waals surface area contributed by atoms with E-state index in [2.05, 4.69) is 24.1 Å². The summed E-state index contributed by atoms with van der Waals surface area (Å²) in [7, 11) is 0. The maximum absolute atomic E-state index is 12.1. The van der Waals surface area contributed by atoms with Crippen LogP contribution in [0.4, 0.5) is 0 Å². The van der Waals surface area contributed by atoms with E-state index >= 15 is 0 Å². The molecule has 1 aliphatic rings. The Morgan fingerprint density at radius 2 is 2.05 bits per heavy atom. The molecule has 1 aliphatic heterocycles. The molecule has 2 unspecified atom stereocenters. The molecule has 0 aliphatic carbocycles. The van der Waals surface area contributed by atoms with Gasteiger partial charge in [-0.1, -0.05) is 13.3 Å². The molecule has 0 saturated carbocycles. The summed E-state index contributed by atoms with van der Waals surface area (Å²) in [6.07, 6.45) is 4.93. The molecular weight excluding hydrogens is 256 g/mol. The molecule has 2 atom stereocenters. The van der Waals surface area contributed by atoms with Gasteiger partial charge in [-0.3, -0.25) is 14.5 Å². The Kier molecular flexibility index (Phi) is 7.59. The monoisotopic (exact) mass is 284 g/mol. The first-order chi connectivity index (χ1) is 9.54. The van der Waals surface area contributed by atoms with Crippen molar-refractivity contribution < 1.29 is 14.7 Å². The van der Waals surface area contributed by atoms with E-state index in [4.69, 9.17) is 5.11 Å². The number of unbranched alkanes of at least 4 members (excludes halogenated alkanes) is 1. The maximum atomic E-state index is 12.1. The molecule has 0 aromatic carbocycles. The molecule has 0 spiro atoms. The van der Waals surface area contributed by atoms with E-state index in [1.807, 2.05) is 0 Å². The fraction of sp³-hybridized carbons (Fsp3) is 0.867. The zero-order chi connectivity index (χ0) is 15.0. The highest BCUT2D eigenvalue weighted by Crippen LogP contribution is 2.22. The lowest BCUT2D eigenvalue weighted by atomic mass is 9.92. The Morgan fingerprint density at radius 1 is 1.30 bits per heavy atom. The first kappa shape index (κ1) is 17.0. The van der Waals surface area contributed by atoms with Crippen molar-refractivity contribution in [3.05, 3.63) is 0 Å². The molecule has 1 amide bonds. The number of carboxylic acid groups (broad SMARTS) is 1. The molecular formula is C15H28N2O3. The van der Waals surface area contributed by atoms with Gasteiger partial charge in [0.25, 0.3) is 0 Å². The smallest absolute Gasteiger partial charge is 0.303 e. The zero-order valence-corrected chi connectivity index (χ0v) is 12.7. The number of carbonyl (C=O) groups is 2. The van der Waals surface area contributed by atoms with E-state index in [1.165, 1.54) is 0 Å². The van der Waals surface area contributed by atoms with Crippen LogP contribution in [-0.2, 0) is 9.59 Å². The minimum atomic E-state index is -0.747. The molecule has 1 fully saturated rings. The highest BCUT2D eigenvalue weighted by molar-refractivity contribution is 5.78. The summed E-state index contributed by atoms with van der Waals surface area (Å²) >= 11 is 0. The molecule has 116 valence electrons. The van der Waals surface area contributed by atoms with Crippen LogP contribution in [0.25, 0.3) is 0 Å². The summed E-state index contributed by atoms with van der Waals surface area (Å²) in [5.74, 6) is -0.523. The Labute approximate surface area is 121 Å². The third-order valence-corrected chi connectivity index (χ3v) is 4.05. The van der Waals surface area contributed by atoms with Crippen molar-refractivity contribution in [3.63, 3.8) is 0 Å². The summed E-state index contributed by atoms with van der Waals surface area (Å²) < 4.78 is 0. The van der Waals surface area contributed by atoms with Crippen LogP contribution >= 0.6 is 0 Å². The average molecular weight is 284 g/mol. The second-order valence-corrected chi connectivity index (χ2v) is 5.76. The summed E-state index contributed by atoms with van der Waals surface area (Å²) in [4.78, 5) is 24.9. The van der Waals surface area contributed by atoms with Crippen LogP contribution in [0.5, 0.6) is 0 Å².